The summed E-state index contributed by atoms with van der Waals surface area (Å²) in [4.78, 5) is 0. The molecule has 1 atom stereocenters. The number of allylic oxidation sites excluding steroid dienone is 2. The molecule has 0 saturated heterocycles. The quantitative estimate of drug-likeness (QED) is 0.230. The molecule has 1 aliphatic carbocycles. The predicted octanol–water partition coefficient (Wildman–Crippen LogP) is 8.95. The van der Waals surface area contributed by atoms with E-state index in [0.717, 1.165) is 0 Å². The molecule has 0 amide bonds. The molecule has 1 radical (unpaired) electrons. The van der Waals surface area contributed by atoms with Gasteiger partial charge in [0.2, 0.25) is 0 Å². The topological polar surface area (TPSA) is 0 Å². The van der Waals surface area contributed by atoms with E-state index in [9.17, 15) is 0 Å². The van der Waals surface area contributed by atoms with Gasteiger partial charge in [-0.25, -0.2) is 0 Å². The number of aryl methyl sites for hydroxylation is 1. The lowest BCUT2D eigenvalue weighted by Crippen LogP contribution is -2.16. The summed E-state index contributed by atoms with van der Waals surface area (Å²) in [6.07, 6.45) is 0. The lowest BCUT2D eigenvalue weighted by molar-refractivity contribution is 0.916. The summed E-state index contributed by atoms with van der Waals surface area (Å²) in [6.45, 7) is 2.15. The van der Waals surface area contributed by atoms with E-state index < -0.39 is 0 Å². The van der Waals surface area contributed by atoms with Crippen LogP contribution >= 0.6 is 0 Å². The number of rotatable bonds is 5. The molecule has 6 rings (SSSR count). The highest BCUT2D eigenvalue weighted by atomic mass is 14.5. The maximum atomic E-state index is 2.28. The van der Waals surface area contributed by atoms with Gasteiger partial charge in [0.25, 0.3) is 0 Å². The molecule has 0 heteroatoms. The zero-order chi connectivity index (χ0) is 24.3. The Morgan fingerprint density at radius 1 is 0.472 bits per heavy atom. The van der Waals surface area contributed by atoms with Crippen molar-refractivity contribution in [2.24, 2.45) is 0 Å². The number of hydrogen-bond acceptors (Lipinski definition) is 0. The summed E-state index contributed by atoms with van der Waals surface area (Å²) < 4.78 is 0. The minimum absolute atomic E-state index is 0.113. The van der Waals surface area contributed by atoms with Gasteiger partial charge in [0, 0.05) is 12.1 Å². The van der Waals surface area contributed by atoms with Gasteiger partial charge in [-0.3, -0.25) is 0 Å². The average Bonchev–Trinajstić information content (AvgIpc) is 3.31. The van der Waals surface area contributed by atoms with Crippen LogP contribution in [-0.4, -0.2) is 0 Å². The second-order valence-electron chi connectivity index (χ2n) is 9.39. The lowest BCUT2D eigenvalue weighted by Gasteiger charge is -2.23. The molecule has 5 aromatic rings. The molecule has 0 nitrogen and oxygen atoms in total. The molecule has 0 fully saturated rings. The van der Waals surface area contributed by atoms with Crippen molar-refractivity contribution in [1.29, 1.82) is 0 Å². The van der Waals surface area contributed by atoms with Gasteiger partial charge < -0.3 is 0 Å². The molecule has 0 aliphatic heterocycles. The maximum Gasteiger partial charge on any atom is 0.135 e. The van der Waals surface area contributed by atoms with E-state index in [0.29, 0.717) is 0 Å². The van der Waals surface area contributed by atoms with Gasteiger partial charge in [0.15, 0.2) is 0 Å². The Hall–Kier alpha value is -4.29. The molecule has 5 aromatic carbocycles. The molecular weight excluding hydrogens is 432 g/mol. The Morgan fingerprint density at radius 3 is 1.56 bits per heavy atom. The fourth-order valence-electron chi connectivity index (χ4n) is 5.46. The van der Waals surface area contributed by atoms with Gasteiger partial charge in [-0.2, -0.15) is 0 Å². The summed E-state index contributed by atoms with van der Waals surface area (Å²) in [7, 11) is 0. The minimum atomic E-state index is 0.113. The van der Waals surface area contributed by atoms with Crippen molar-refractivity contribution in [3.05, 3.63) is 191 Å². The third kappa shape index (κ3) is 4.06. The largest absolute Gasteiger partial charge is 0.135 e. The van der Waals surface area contributed by atoms with Crippen molar-refractivity contribution < 1.29 is 0 Å². The fourth-order valence-corrected chi connectivity index (χ4v) is 5.46. The molecule has 0 spiro atoms. The first-order valence-corrected chi connectivity index (χ1v) is 12.6. The van der Waals surface area contributed by atoms with Crippen molar-refractivity contribution in [3.63, 3.8) is 0 Å². The highest BCUT2D eigenvalue weighted by Gasteiger charge is 2.51. The zero-order valence-corrected chi connectivity index (χ0v) is 20.4. The van der Waals surface area contributed by atoms with Crippen molar-refractivity contribution in [2.75, 3.05) is 0 Å². The van der Waals surface area contributed by atoms with E-state index >= 15 is 0 Å². The van der Waals surface area contributed by atoms with Crippen LogP contribution in [0.2, 0.25) is 0 Å². The first-order chi connectivity index (χ1) is 17.8. The molecule has 0 heterocycles. The molecule has 0 aromatic heterocycles. The summed E-state index contributed by atoms with van der Waals surface area (Å²) >= 11 is 0. The van der Waals surface area contributed by atoms with Crippen LogP contribution in [-0.2, 0) is 0 Å². The molecule has 171 valence electrons. The lowest BCUT2D eigenvalue weighted by atomic mass is 9.73. The molecule has 0 N–H and O–H groups in total. The van der Waals surface area contributed by atoms with Gasteiger partial charge in [0.05, 0.1) is 11.8 Å². The first-order valence-electron chi connectivity index (χ1n) is 12.6. The maximum absolute atomic E-state index is 2.28. The molecule has 1 aliphatic rings. The van der Waals surface area contributed by atoms with Crippen LogP contribution in [0.25, 0.3) is 11.1 Å². The van der Waals surface area contributed by atoms with Crippen molar-refractivity contribution >= 4 is 11.1 Å². The van der Waals surface area contributed by atoms with Crippen molar-refractivity contribution in [3.8, 4) is 0 Å². The normalized spacial score (nSPS) is 15.9. The molecule has 0 saturated carbocycles. The van der Waals surface area contributed by atoms with Gasteiger partial charge in [-0.15, -0.1) is 0 Å². The van der Waals surface area contributed by atoms with Gasteiger partial charge in [-0.1, -0.05) is 121 Å². The van der Waals surface area contributed by atoms with Gasteiger partial charge in [0.1, 0.15) is 11.5 Å². The first kappa shape index (κ1) is 22.2. The number of benzene rings is 5. The van der Waals surface area contributed by atoms with Crippen LogP contribution in [0.4, 0.5) is 0 Å². The molecule has 36 heavy (non-hydrogen) atoms. The van der Waals surface area contributed by atoms with E-state index in [1.807, 2.05) is 0 Å². The highest BCUT2D eigenvalue weighted by molar-refractivity contribution is 6.09. The third-order valence-electron chi connectivity index (χ3n) is 7.07. The standard InChI is InChI=1S/C36H28/c1-26-22-24-31(25-23-26)36-34(29-18-10-4-11-19-29)32(27-14-6-2-7-15-27)33(28-16-8-3-9-17-28)35(36)30-20-12-5-13-21-30/h2-25,32H,1H3/q+1. The fraction of sp³-hybridized carbons (Fsp3) is 0.0556. The van der Waals surface area contributed by atoms with Gasteiger partial charge >= 0.3 is 0 Å². The Kier molecular flexibility index (Phi) is 6.01. The van der Waals surface area contributed by atoms with Crippen LogP contribution in [0.1, 0.15) is 39.3 Å². The predicted molar refractivity (Wildman–Crippen MR) is 151 cm³/mol. The van der Waals surface area contributed by atoms with Crippen molar-refractivity contribution in [1.82, 2.24) is 0 Å². The van der Waals surface area contributed by atoms with E-state index in [1.165, 1.54) is 56.4 Å². The second kappa shape index (κ2) is 9.76. The van der Waals surface area contributed by atoms with Crippen LogP contribution < -0.4 is 0 Å². The minimum Gasteiger partial charge on any atom is -0.0622 e. The van der Waals surface area contributed by atoms with Crippen LogP contribution in [0, 0.1) is 18.8 Å². The highest BCUT2D eigenvalue weighted by Crippen LogP contribution is 2.61. The monoisotopic (exact) mass is 460 g/mol. The van der Waals surface area contributed by atoms with Crippen LogP contribution in [0.3, 0.4) is 0 Å². The van der Waals surface area contributed by atoms with Crippen LogP contribution in [0.5, 0.6) is 0 Å². The molecule has 1 unspecified atom stereocenters. The summed E-state index contributed by atoms with van der Waals surface area (Å²) in [5.41, 5.74) is 10.3. The number of hydrogen-bond donors (Lipinski definition) is 0. The van der Waals surface area contributed by atoms with Crippen LogP contribution in [0.15, 0.2) is 146 Å². The Balaban J connectivity index is 1.71. The Bertz CT molecular complexity index is 1450. The summed E-state index contributed by atoms with van der Waals surface area (Å²) in [5, 5.41) is 0. The van der Waals surface area contributed by atoms with E-state index in [-0.39, 0.29) is 5.92 Å². The summed E-state index contributed by atoms with van der Waals surface area (Å²) in [5.74, 6) is 2.80. The average molecular weight is 461 g/mol. The molecular formula is C36H28+. The zero-order valence-electron chi connectivity index (χ0n) is 20.4. The summed E-state index contributed by atoms with van der Waals surface area (Å²) in [6, 6.07) is 52.8. The second-order valence-corrected chi connectivity index (χ2v) is 9.39. The van der Waals surface area contributed by atoms with E-state index in [2.05, 4.69) is 153 Å². The molecule has 0 bridgehead atoms. The Morgan fingerprint density at radius 2 is 0.972 bits per heavy atom. The Labute approximate surface area is 214 Å². The van der Waals surface area contributed by atoms with E-state index in [4.69, 9.17) is 0 Å². The smallest absolute Gasteiger partial charge is 0.0622 e. The van der Waals surface area contributed by atoms with E-state index in [1.54, 1.807) is 0 Å². The van der Waals surface area contributed by atoms with Gasteiger partial charge in [-0.05, 0) is 58.5 Å². The SMILES string of the molecule is Cc1ccc([C]2C(c3ccccc3)=C(c3ccccc3)C(c3ccccc3)[C+]2c2ccccc2)cc1. The third-order valence-corrected chi connectivity index (χ3v) is 7.07. The van der Waals surface area contributed by atoms with Crippen molar-refractivity contribution in [2.45, 2.75) is 12.8 Å².